The average Bonchev–Trinajstić information content (AvgIpc) is 2.98. The lowest BCUT2D eigenvalue weighted by Crippen LogP contribution is -2.53. The first-order chi connectivity index (χ1) is 21.0. The Hall–Kier alpha value is -2.58. The summed E-state index contributed by atoms with van der Waals surface area (Å²) in [5.74, 6) is 1.80. The summed E-state index contributed by atoms with van der Waals surface area (Å²) in [6.45, 7) is 1.50. The maximum atomic E-state index is 14.0. The van der Waals surface area contributed by atoms with Crippen LogP contribution in [0.5, 0.6) is 0 Å². The van der Waals surface area contributed by atoms with E-state index in [-0.39, 0.29) is 30.5 Å². The van der Waals surface area contributed by atoms with Crippen molar-refractivity contribution in [2.24, 2.45) is 17.8 Å². The van der Waals surface area contributed by atoms with Crippen LogP contribution in [0.1, 0.15) is 88.7 Å². The number of benzene rings is 2. The van der Waals surface area contributed by atoms with E-state index in [4.69, 9.17) is 11.6 Å². The molecule has 0 heterocycles. The van der Waals surface area contributed by atoms with Crippen molar-refractivity contribution >= 4 is 39.1 Å². The zero-order chi connectivity index (χ0) is 31.1. The number of amides is 2. The van der Waals surface area contributed by atoms with E-state index in [2.05, 4.69) is 17.4 Å². The van der Waals surface area contributed by atoms with E-state index in [1.807, 2.05) is 24.3 Å². The van der Waals surface area contributed by atoms with Crippen LogP contribution in [-0.4, -0.2) is 50.0 Å². The van der Waals surface area contributed by atoms with Gasteiger partial charge in [-0.1, -0.05) is 55.1 Å². The van der Waals surface area contributed by atoms with E-state index in [1.54, 1.807) is 19.1 Å². The van der Waals surface area contributed by atoms with Crippen molar-refractivity contribution in [3.63, 3.8) is 0 Å². The van der Waals surface area contributed by atoms with Crippen molar-refractivity contribution in [3.8, 4) is 0 Å². The van der Waals surface area contributed by atoms with Gasteiger partial charge >= 0.3 is 0 Å². The summed E-state index contributed by atoms with van der Waals surface area (Å²) in [4.78, 5) is 28.9. The van der Waals surface area contributed by atoms with Crippen LogP contribution < -0.4 is 9.62 Å². The minimum Gasteiger partial charge on any atom is -0.352 e. The van der Waals surface area contributed by atoms with Crippen LogP contribution in [0.2, 0.25) is 5.02 Å². The molecule has 7 rings (SSSR count). The lowest BCUT2D eigenvalue weighted by molar-refractivity contribution is -0.139. The molecule has 0 unspecified atom stereocenters. The molecule has 5 aliphatic carbocycles. The van der Waals surface area contributed by atoms with Gasteiger partial charge in [-0.3, -0.25) is 13.9 Å². The Kier molecular flexibility index (Phi) is 9.04. The second-order valence-corrected chi connectivity index (χ2v) is 16.5. The predicted octanol–water partition coefficient (Wildman–Crippen LogP) is 6.44. The molecule has 1 N–H and O–H groups in total. The summed E-state index contributed by atoms with van der Waals surface area (Å²) in [6.07, 6.45) is 14.1. The van der Waals surface area contributed by atoms with Crippen molar-refractivity contribution in [2.45, 2.75) is 102 Å². The van der Waals surface area contributed by atoms with Crippen LogP contribution in [0.3, 0.4) is 0 Å². The van der Waals surface area contributed by atoms with Gasteiger partial charge in [0.2, 0.25) is 21.8 Å². The quantitative estimate of drug-likeness (QED) is 0.324. The zero-order valence-corrected chi connectivity index (χ0v) is 27.6. The average molecular weight is 640 g/mol. The number of nitrogens with one attached hydrogen (secondary N) is 1. The van der Waals surface area contributed by atoms with Crippen molar-refractivity contribution in [1.82, 2.24) is 10.2 Å². The minimum atomic E-state index is -3.78. The highest BCUT2D eigenvalue weighted by molar-refractivity contribution is 7.92. The van der Waals surface area contributed by atoms with Crippen molar-refractivity contribution in [3.05, 3.63) is 64.7 Å². The van der Waals surface area contributed by atoms with Gasteiger partial charge in [0.05, 0.1) is 11.9 Å². The number of anilines is 1. The Labute approximate surface area is 267 Å². The molecule has 0 spiro atoms. The molecule has 0 aliphatic heterocycles. The molecule has 7 nitrogen and oxygen atoms in total. The van der Waals surface area contributed by atoms with Crippen LogP contribution in [0.25, 0.3) is 0 Å². The molecule has 0 saturated heterocycles. The molecule has 5 aliphatic rings. The van der Waals surface area contributed by atoms with E-state index in [9.17, 15) is 18.0 Å². The molecular formula is C35H46ClN3O4S. The van der Waals surface area contributed by atoms with E-state index in [1.165, 1.54) is 59.7 Å². The normalized spacial score (nSPS) is 27.1. The second-order valence-electron chi connectivity index (χ2n) is 14.2. The first-order valence-corrected chi connectivity index (χ1v) is 18.6. The number of rotatable bonds is 10. The summed E-state index contributed by atoms with van der Waals surface area (Å²) in [7, 11) is -3.78. The SMILES string of the molecule is C[C@@H](C(=O)NC1CCCCC1)N(Cc1ccc(Cl)cc1)C(=O)CN(c1ccc(C23CC4CC(CC(C4)C2)C3)cc1)S(C)(=O)=O. The van der Waals surface area contributed by atoms with Crippen molar-refractivity contribution in [2.75, 3.05) is 17.1 Å². The van der Waals surface area contributed by atoms with Gasteiger partial charge in [0.15, 0.2) is 0 Å². The van der Waals surface area contributed by atoms with E-state index >= 15 is 0 Å². The smallest absolute Gasteiger partial charge is 0.244 e. The number of carbonyl (C=O) groups excluding carboxylic acids is 2. The lowest BCUT2D eigenvalue weighted by atomic mass is 9.48. The van der Waals surface area contributed by atoms with Gasteiger partial charge in [-0.25, -0.2) is 8.42 Å². The molecule has 5 fully saturated rings. The lowest BCUT2D eigenvalue weighted by Gasteiger charge is -2.57. The molecular weight excluding hydrogens is 594 g/mol. The molecule has 9 heteroatoms. The maximum absolute atomic E-state index is 14.0. The van der Waals surface area contributed by atoms with Crippen molar-refractivity contribution < 1.29 is 18.0 Å². The van der Waals surface area contributed by atoms with Gasteiger partial charge in [0, 0.05) is 17.6 Å². The Morgan fingerprint density at radius 2 is 1.48 bits per heavy atom. The van der Waals surface area contributed by atoms with Crippen LogP contribution >= 0.6 is 11.6 Å². The van der Waals surface area contributed by atoms with Crippen LogP contribution in [0.4, 0.5) is 5.69 Å². The molecule has 2 aromatic carbocycles. The highest BCUT2D eigenvalue weighted by Crippen LogP contribution is 2.60. The Balaban J connectivity index is 1.22. The van der Waals surface area contributed by atoms with Gasteiger partial charge < -0.3 is 10.2 Å². The van der Waals surface area contributed by atoms with Crippen LogP contribution in [0.15, 0.2) is 48.5 Å². The zero-order valence-electron chi connectivity index (χ0n) is 26.0. The van der Waals surface area contributed by atoms with Crippen LogP contribution in [0, 0.1) is 17.8 Å². The molecule has 2 amide bonds. The van der Waals surface area contributed by atoms with Gasteiger partial charge in [-0.2, -0.15) is 0 Å². The summed E-state index contributed by atoms with van der Waals surface area (Å²) < 4.78 is 27.4. The molecule has 0 radical (unpaired) electrons. The van der Waals surface area contributed by atoms with Crippen molar-refractivity contribution in [1.29, 1.82) is 0 Å². The Morgan fingerprint density at radius 1 is 0.909 bits per heavy atom. The number of hydrogen-bond acceptors (Lipinski definition) is 4. The molecule has 0 aromatic heterocycles. The summed E-state index contributed by atoms with van der Waals surface area (Å²) in [6, 6.07) is 14.4. The molecule has 2 aromatic rings. The fraction of sp³-hybridized carbons (Fsp3) is 0.600. The molecule has 5 saturated carbocycles. The number of sulfonamides is 1. The predicted molar refractivity (Wildman–Crippen MR) is 175 cm³/mol. The number of hydrogen-bond donors (Lipinski definition) is 1. The van der Waals surface area contributed by atoms with Gasteiger partial charge in [0.1, 0.15) is 12.6 Å². The highest BCUT2D eigenvalue weighted by atomic mass is 35.5. The summed E-state index contributed by atoms with van der Waals surface area (Å²) in [5.41, 5.74) is 2.79. The summed E-state index contributed by atoms with van der Waals surface area (Å²) in [5, 5.41) is 3.72. The van der Waals surface area contributed by atoms with E-state index in [0.29, 0.717) is 10.7 Å². The third-order valence-electron chi connectivity index (χ3n) is 10.9. The van der Waals surface area contributed by atoms with Crippen LogP contribution in [-0.2, 0) is 31.6 Å². The third-order valence-corrected chi connectivity index (χ3v) is 12.3. The number of carbonyl (C=O) groups is 2. The standard InChI is InChI=1S/C35H46ClN3O4S/c1-24(34(41)37-31-6-4-3-5-7-31)38(22-25-8-12-30(36)13-9-25)33(40)23-39(44(2,42)43)32-14-10-29(11-15-32)35-19-26-16-27(20-35)18-28(17-26)21-35/h8-15,24,26-28,31H,3-7,16-23H2,1-2H3,(H,37,41)/t24-,26?,27?,28?,35?/m0/s1. The monoisotopic (exact) mass is 639 g/mol. The molecule has 238 valence electrons. The molecule has 1 atom stereocenters. The third kappa shape index (κ3) is 6.81. The number of nitrogens with zero attached hydrogens (tertiary/aromatic N) is 2. The van der Waals surface area contributed by atoms with Gasteiger partial charge in [-0.15, -0.1) is 0 Å². The highest BCUT2D eigenvalue weighted by Gasteiger charge is 2.51. The van der Waals surface area contributed by atoms with Gasteiger partial charge in [-0.05, 0) is 117 Å². The first kappa shape index (κ1) is 31.4. The Bertz CT molecular complexity index is 1420. The van der Waals surface area contributed by atoms with Gasteiger partial charge in [0.25, 0.3) is 0 Å². The fourth-order valence-electron chi connectivity index (χ4n) is 9.00. The largest absolute Gasteiger partial charge is 0.352 e. The Morgan fingerprint density at radius 3 is 2.02 bits per heavy atom. The number of halogens is 1. The molecule has 4 bridgehead atoms. The second kappa shape index (κ2) is 12.7. The van der Waals surface area contributed by atoms with E-state index in [0.717, 1.165) is 55.3 Å². The first-order valence-electron chi connectivity index (χ1n) is 16.4. The van der Waals surface area contributed by atoms with E-state index < -0.39 is 22.0 Å². The maximum Gasteiger partial charge on any atom is 0.244 e. The minimum absolute atomic E-state index is 0.103. The summed E-state index contributed by atoms with van der Waals surface area (Å²) >= 11 is 6.10. The topological polar surface area (TPSA) is 86.8 Å². The fourth-order valence-corrected chi connectivity index (χ4v) is 9.97. The molecule has 44 heavy (non-hydrogen) atoms.